The molecule has 1 aliphatic rings. The molecule has 25 heavy (non-hydrogen) atoms. The van der Waals surface area contributed by atoms with Gasteiger partial charge in [-0.3, -0.25) is 14.6 Å². The highest BCUT2D eigenvalue weighted by Gasteiger charge is 2.27. The summed E-state index contributed by atoms with van der Waals surface area (Å²) in [5, 5.41) is 2.52. The highest BCUT2D eigenvalue weighted by Crippen LogP contribution is 2.11. The van der Waals surface area contributed by atoms with E-state index in [9.17, 15) is 14.4 Å². The first kappa shape index (κ1) is 18.6. The fourth-order valence-corrected chi connectivity index (χ4v) is 2.24. The zero-order valence-electron chi connectivity index (χ0n) is 14.7. The molecule has 1 N–H and O–H groups in total. The lowest BCUT2D eigenvalue weighted by Gasteiger charge is -2.35. The van der Waals surface area contributed by atoms with Gasteiger partial charge < -0.3 is 19.9 Å². The van der Waals surface area contributed by atoms with E-state index in [1.807, 2.05) is 20.8 Å². The third-order valence-electron chi connectivity index (χ3n) is 3.48. The van der Waals surface area contributed by atoms with E-state index >= 15 is 0 Å². The number of hydrogen-bond donors (Lipinski definition) is 1. The van der Waals surface area contributed by atoms with Crippen LogP contribution in [0.5, 0.6) is 0 Å². The number of carbonyl (C=O) groups is 3. The number of nitrogens with zero attached hydrogens (tertiary/aromatic N) is 4. The minimum Gasteiger partial charge on any atom is -0.444 e. The maximum absolute atomic E-state index is 12.2. The number of aromatic nitrogens is 2. The van der Waals surface area contributed by atoms with E-state index in [4.69, 9.17) is 4.74 Å². The van der Waals surface area contributed by atoms with E-state index in [2.05, 4.69) is 15.3 Å². The Labute approximate surface area is 146 Å². The summed E-state index contributed by atoms with van der Waals surface area (Å²) < 4.78 is 5.31. The minimum atomic E-state index is -0.547. The lowest BCUT2D eigenvalue weighted by Crippen LogP contribution is -2.53. The highest BCUT2D eigenvalue weighted by molar-refractivity contribution is 5.94. The Hall–Kier alpha value is -2.71. The number of amides is 3. The molecule has 1 aromatic heterocycles. The molecular weight excluding hydrogens is 326 g/mol. The molecular formula is C16H23N5O4. The van der Waals surface area contributed by atoms with Crippen LogP contribution in [0.25, 0.3) is 0 Å². The molecule has 0 atom stereocenters. The maximum Gasteiger partial charge on any atom is 0.410 e. The first-order chi connectivity index (χ1) is 11.8. The highest BCUT2D eigenvalue weighted by atomic mass is 16.6. The summed E-state index contributed by atoms with van der Waals surface area (Å²) in [5.41, 5.74) is -0.390. The molecule has 0 radical (unpaired) electrons. The van der Waals surface area contributed by atoms with E-state index in [1.54, 1.807) is 9.80 Å². The van der Waals surface area contributed by atoms with Crippen molar-refractivity contribution in [3.05, 3.63) is 24.3 Å². The molecule has 0 aliphatic carbocycles. The van der Waals surface area contributed by atoms with E-state index in [0.717, 1.165) is 0 Å². The van der Waals surface area contributed by atoms with Crippen LogP contribution >= 0.6 is 0 Å². The normalized spacial score (nSPS) is 14.8. The number of hydrogen-bond acceptors (Lipinski definition) is 6. The molecule has 0 saturated carbocycles. The van der Waals surface area contributed by atoms with E-state index < -0.39 is 11.5 Å². The third-order valence-corrected chi connectivity index (χ3v) is 3.48. The van der Waals surface area contributed by atoms with Gasteiger partial charge in [-0.25, -0.2) is 9.78 Å². The zero-order valence-corrected chi connectivity index (χ0v) is 14.7. The van der Waals surface area contributed by atoms with Crippen molar-refractivity contribution in [2.75, 3.05) is 32.7 Å². The topological polar surface area (TPSA) is 105 Å². The fraction of sp³-hybridized carbons (Fsp3) is 0.562. The van der Waals surface area contributed by atoms with E-state index in [0.29, 0.717) is 26.2 Å². The lowest BCUT2D eigenvalue weighted by molar-refractivity contribution is -0.131. The van der Waals surface area contributed by atoms with Gasteiger partial charge in [0.05, 0.1) is 12.7 Å². The predicted molar refractivity (Wildman–Crippen MR) is 88.8 cm³/mol. The maximum atomic E-state index is 12.2. The summed E-state index contributed by atoms with van der Waals surface area (Å²) in [6.07, 6.45) is 3.83. The van der Waals surface area contributed by atoms with Crippen molar-refractivity contribution in [2.45, 2.75) is 26.4 Å². The molecule has 1 saturated heterocycles. The number of piperazine rings is 1. The Morgan fingerprint density at radius 1 is 1.12 bits per heavy atom. The van der Waals surface area contributed by atoms with Crippen LogP contribution in [0.15, 0.2) is 18.6 Å². The summed E-state index contributed by atoms with van der Waals surface area (Å²) in [6.45, 7) is 6.91. The molecule has 3 amide bonds. The van der Waals surface area contributed by atoms with Crippen LogP contribution in [-0.4, -0.2) is 76.0 Å². The smallest absolute Gasteiger partial charge is 0.410 e. The largest absolute Gasteiger partial charge is 0.444 e. The summed E-state index contributed by atoms with van der Waals surface area (Å²) in [6, 6.07) is 0. The van der Waals surface area contributed by atoms with Crippen LogP contribution < -0.4 is 5.32 Å². The van der Waals surface area contributed by atoms with Crippen molar-refractivity contribution in [1.82, 2.24) is 25.1 Å². The van der Waals surface area contributed by atoms with Crippen LogP contribution in [-0.2, 0) is 9.53 Å². The van der Waals surface area contributed by atoms with Gasteiger partial charge in [-0.15, -0.1) is 0 Å². The quantitative estimate of drug-likeness (QED) is 0.841. The minimum absolute atomic E-state index is 0.123. The Morgan fingerprint density at radius 2 is 1.76 bits per heavy atom. The second-order valence-electron chi connectivity index (χ2n) is 6.62. The van der Waals surface area contributed by atoms with Gasteiger partial charge in [0, 0.05) is 38.6 Å². The summed E-state index contributed by atoms with van der Waals surface area (Å²) in [4.78, 5) is 46.9. The Bertz CT molecular complexity index is 621. The number of ether oxygens (including phenoxy) is 1. The van der Waals surface area contributed by atoms with Crippen LogP contribution in [0, 0.1) is 0 Å². The van der Waals surface area contributed by atoms with Crippen molar-refractivity contribution in [3.8, 4) is 0 Å². The summed E-state index contributed by atoms with van der Waals surface area (Å²) in [7, 11) is 0. The van der Waals surface area contributed by atoms with Gasteiger partial charge in [0.25, 0.3) is 5.91 Å². The lowest BCUT2D eigenvalue weighted by atomic mass is 10.2. The number of nitrogens with one attached hydrogen (secondary N) is 1. The average molecular weight is 349 g/mol. The molecule has 9 heteroatoms. The fourth-order valence-electron chi connectivity index (χ4n) is 2.24. The molecule has 0 bridgehead atoms. The molecule has 0 spiro atoms. The molecule has 2 rings (SSSR count). The molecule has 1 aliphatic heterocycles. The molecule has 136 valence electrons. The first-order valence-corrected chi connectivity index (χ1v) is 8.06. The van der Waals surface area contributed by atoms with Gasteiger partial charge in [-0.05, 0) is 20.8 Å². The molecule has 9 nitrogen and oxygen atoms in total. The van der Waals surface area contributed by atoms with Crippen molar-refractivity contribution in [1.29, 1.82) is 0 Å². The average Bonchev–Trinajstić information content (AvgIpc) is 2.58. The van der Waals surface area contributed by atoms with Crippen LogP contribution in [0.4, 0.5) is 4.79 Å². The second-order valence-corrected chi connectivity index (χ2v) is 6.62. The van der Waals surface area contributed by atoms with E-state index in [-0.39, 0.29) is 24.2 Å². The van der Waals surface area contributed by atoms with Gasteiger partial charge in [0.15, 0.2) is 0 Å². The molecule has 2 heterocycles. The molecule has 1 fully saturated rings. The van der Waals surface area contributed by atoms with Crippen molar-refractivity contribution in [2.24, 2.45) is 0 Å². The standard InChI is InChI=1S/C16H23N5O4/c1-16(2,3)25-15(24)21-8-6-20(7-9-21)13(22)11-19-14(23)12-10-17-4-5-18-12/h4-5,10H,6-9,11H2,1-3H3,(H,19,23). The van der Waals surface area contributed by atoms with Gasteiger partial charge in [-0.1, -0.05) is 0 Å². The SMILES string of the molecule is CC(C)(C)OC(=O)N1CCN(C(=O)CNC(=O)c2cnccn2)CC1. The van der Waals surface area contributed by atoms with Gasteiger partial charge in [0.1, 0.15) is 11.3 Å². The summed E-state index contributed by atoms with van der Waals surface area (Å²) in [5.74, 6) is -0.657. The van der Waals surface area contributed by atoms with Gasteiger partial charge >= 0.3 is 6.09 Å². The zero-order chi connectivity index (χ0) is 18.4. The third kappa shape index (κ3) is 5.70. The molecule has 1 aromatic rings. The summed E-state index contributed by atoms with van der Waals surface area (Å²) >= 11 is 0. The van der Waals surface area contributed by atoms with Gasteiger partial charge in [0.2, 0.25) is 5.91 Å². The van der Waals surface area contributed by atoms with Gasteiger partial charge in [-0.2, -0.15) is 0 Å². The van der Waals surface area contributed by atoms with Crippen LogP contribution in [0.2, 0.25) is 0 Å². The van der Waals surface area contributed by atoms with E-state index in [1.165, 1.54) is 18.6 Å². The first-order valence-electron chi connectivity index (χ1n) is 8.06. The molecule has 0 unspecified atom stereocenters. The molecule has 0 aromatic carbocycles. The Balaban J connectivity index is 1.76. The van der Waals surface area contributed by atoms with Crippen LogP contribution in [0.3, 0.4) is 0 Å². The van der Waals surface area contributed by atoms with Crippen LogP contribution in [0.1, 0.15) is 31.3 Å². The van der Waals surface area contributed by atoms with Crippen molar-refractivity contribution >= 4 is 17.9 Å². The second kappa shape index (κ2) is 7.91. The van der Waals surface area contributed by atoms with Crippen molar-refractivity contribution < 1.29 is 19.1 Å². The predicted octanol–water partition coefficient (Wildman–Crippen LogP) is 0.286. The Morgan fingerprint density at radius 3 is 2.32 bits per heavy atom. The van der Waals surface area contributed by atoms with Crippen molar-refractivity contribution in [3.63, 3.8) is 0 Å². The number of carbonyl (C=O) groups excluding carboxylic acids is 3. The monoisotopic (exact) mass is 349 g/mol. The Kier molecular flexibility index (Phi) is 5.89. The number of rotatable bonds is 3.